The summed E-state index contributed by atoms with van der Waals surface area (Å²) in [4.78, 5) is 10.9. The highest BCUT2D eigenvalue weighted by atomic mass is 32.1. The zero-order valence-corrected chi connectivity index (χ0v) is 8.41. The molecular formula is C9H9N3OS. The molecule has 72 valence electrons. The number of fused-ring (bicyclic) bond motifs is 1. The van der Waals surface area contributed by atoms with Crippen LogP contribution < -0.4 is 10.2 Å². The van der Waals surface area contributed by atoms with Gasteiger partial charge in [-0.1, -0.05) is 23.5 Å². The summed E-state index contributed by atoms with van der Waals surface area (Å²) in [6, 6.07) is 8.01. The molecule has 1 aromatic heterocycles. The minimum atomic E-state index is 0.560. The molecule has 0 radical (unpaired) electrons. The second kappa shape index (κ2) is 3.63. The normalized spacial score (nSPS) is 11.9. The zero-order chi connectivity index (χ0) is 9.97. The third kappa shape index (κ3) is 1.42. The SMILES string of the molecule is Cn1c(=NNC=O)sc2ccccc21. The zero-order valence-electron chi connectivity index (χ0n) is 7.60. The maximum atomic E-state index is 10.1. The number of nitrogens with one attached hydrogen (secondary N) is 1. The van der Waals surface area contributed by atoms with E-state index in [1.54, 1.807) is 0 Å². The number of amides is 1. The number of rotatable bonds is 2. The number of carbonyl (C=O) groups is 1. The highest BCUT2D eigenvalue weighted by molar-refractivity contribution is 7.16. The van der Waals surface area contributed by atoms with Crippen molar-refractivity contribution in [1.29, 1.82) is 0 Å². The Bertz CT molecular complexity index is 526. The van der Waals surface area contributed by atoms with E-state index in [0.29, 0.717) is 6.41 Å². The Hall–Kier alpha value is -1.62. The van der Waals surface area contributed by atoms with E-state index >= 15 is 0 Å². The molecule has 5 heteroatoms. The highest BCUT2D eigenvalue weighted by Gasteiger charge is 1.99. The van der Waals surface area contributed by atoms with Crippen LogP contribution in [0.1, 0.15) is 0 Å². The molecule has 4 nitrogen and oxygen atoms in total. The molecule has 1 amide bonds. The van der Waals surface area contributed by atoms with E-state index in [1.165, 1.54) is 11.3 Å². The molecule has 0 aliphatic carbocycles. The minimum Gasteiger partial charge on any atom is -0.318 e. The number of nitrogens with zero attached hydrogens (tertiary/aromatic N) is 2. The topological polar surface area (TPSA) is 46.4 Å². The van der Waals surface area contributed by atoms with E-state index in [1.807, 2.05) is 35.9 Å². The van der Waals surface area contributed by atoms with Gasteiger partial charge < -0.3 is 4.57 Å². The van der Waals surface area contributed by atoms with Gasteiger partial charge in [0, 0.05) is 7.05 Å². The van der Waals surface area contributed by atoms with Crippen molar-refractivity contribution in [1.82, 2.24) is 9.99 Å². The number of carbonyl (C=O) groups excluding carboxylic acids is 1. The molecule has 0 aliphatic heterocycles. The predicted octanol–water partition coefficient (Wildman–Crippen LogP) is 0.801. The number of hydrogen-bond acceptors (Lipinski definition) is 3. The summed E-state index contributed by atoms with van der Waals surface area (Å²) >= 11 is 1.54. The lowest BCUT2D eigenvalue weighted by atomic mass is 10.3. The van der Waals surface area contributed by atoms with Crippen molar-refractivity contribution in [3.05, 3.63) is 29.1 Å². The van der Waals surface area contributed by atoms with E-state index in [4.69, 9.17) is 0 Å². The van der Waals surface area contributed by atoms with Crippen molar-refractivity contribution in [2.24, 2.45) is 12.1 Å². The summed E-state index contributed by atoms with van der Waals surface area (Å²) < 4.78 is 3.10. The first-order chi connectivity index (χ1) is 6.83. The van der Waals surface area contributed by atoms with Gasteiger partial charge >= 0.3 is 0 Å². The fraction of sp³-hybridized carbons (Fsp3) is 0.111. The average molecular weight is 207 g/mol. The van der Waals surface area contributed by atoms with E-state index in [9.17, 15) is 4.79 Å². The predicted molar refractivity (Wildman–Crippen MR) is 55.6 cm³/mol. The first kappa shape index (κ1) is 8.96. The molecule has 0 bridgehead atoms. The molecule has 2 rings (SSSR count). The molecule has 1 aromatic carbocycles. The summed E-state index contributed by atoms with van der Waals surface area (Å²) in [7, 11) is 1.92. The molecule has 2 aromatic rings. The minimum absolute atomic E-state index is 0.560. The van der Waals surface area contributed by atoms with Crippen molar-refractivity contribution in [2.75, 3.05) is 0 Å². The Morgan fingerprint density at radius 1 is 1.50 bits per heavy atom. The van der Waals surface area contributed by atoms with Crippen LogP contribution in [0.15, 0.2) is 29.4 Å². The van der Waals surface area contributed by atoms with Gasteiger partial charge in [-0.3, -0.25) is 4.79 Å². The van der Waals surface area contributed by atoms with Crippen LogP contribution in [-0.2, 0) is 11.8 Å². The fourth-order valence-electron chi connectivity index (χ4n) is 1.27. The first-order valence-electron chi connectivity index (χ1n) is 4.10. The van der Waals surface area contributed by atoms with Gasteiger partial charge in [0.15, 0.2) is 0 Å². The van der Waals surface area contributed by atoms with Crippen LogP contribution in [0.25, 0.3) is 10.2 Å². The quantitative estimate of drug-likeness (QED) is 0.574. The van der Waals surface area contributed by atoms with Gasteiger partial charge in [0.1, 0.15) is 0 Å². The third-order valence-corrected chi connectivity index (χ3v) is 3.04. The van der Waals surface area contributed by atoms with Gasteiger partial charge in [0.25, 0.3) is 0 Å². The molecule has 0 aliphatic rings. The van der Waals surface area contributed by atoms with Crippen molar-refractivity contribution < 1.29 is 4.79 Å². The van der Waals surface area contributed by atoms with Crippen molar-refractivity contribution >= 4 is 28.0 Å². The molecule has 0 spiro atoms. The van der Waals surface area contributed by atoms with E-state index in [0.717, 1.165) is 15.0 Å². The van der Waals surface area contributed by atoms with Gasteiger partial charge in [-0.25, -0.2) is 5.43 Å². The number of thiazole rings is 1. The number of aromatic nitrogens is 1. The van der Waals surface area contributed by atoms with Crippen LogP contribution in [-0.4, -0.2) is 11.0 Å². The molecule has 0 fully saturated rings. The van der Waals surface area contributed by atoms with Crippen LogP contribution >= 0.6 is 11.3 Å². The summed E-state index contributed by atoms with van der Waals surface area (Å²) in [5.74, 6) is 0. The molecule has 1 heterocycles. The maximum Gasteiger partial charge on any atom is 0.227 e. The second-order valence-electron chi connectivity index (χ2n) is 2.77. The van der Waals surface area contributed by atoms with Gasteiger partial charge in [-0.15, -0.1) is 5.10 Å². The number of benzene rings is 1. The van der Waals surface area contributed by atoms with Gasteiger partial charge in [-0.05, 0) is 12.1 Å². The second-order valence-corrected chi connectivity index (χ2v) is 3.78. The molecule has 0 saturated carbocycles. The fourth-order valence-corrected chi connectivity index (χ4v) is 2.26. The van der Waals surface area contributed by atoms with Crippen LogP contribution in [0, 0.1) is 0 Å². The Kier molecular flexibility index (Phi) is 2.32. The van der Waals surface area contributed by atoms with Crippen LogP contribution in [0.2, 0.25) is 0 Å². The molecule has 1 N–H and O–H groups in total. The van der Waals surface area contributed by atoms with Gasteiger partial charge in [0.2, 0.25) is 11.2 Å². The summed E-state index contributed by atoms with van der Waals surface area (Å²) in [5, 5.41) is 3.92. The number of hydrogen-bond donors (Lipinski definition) is 1. The largest absolute Gasteiger partial charge is 0.318 e. The number of aryl methyl sites for hydroxylation is 1. The Labute approximate surface area is 84.5 Å². The lowest BCUT2D eigenvalue weighted by molar-refractivity contribution is -0.109. The molecular weight excluding hydrogens is 198 g/mol. The first-order valence-corrected chi connectivity index (χ1v) is 4.92. The lowest BCUT2D eigenvalue weighted by Gasteiger charge is -1.92. The highest BCUT2D eigenvalue weighted by Crippen LogP contribution is 2.14. The smallest absolute Gasteiger partial charge is 0.227 e. The van der Waals surface area contributed by atoms with E-state index < -0.39 is 0 Å². The molecule has 14 heavy (non-hydrogen) atoms. The average Bonchev–Trinajstić information content (AvgIpc) is 2.54. The maximum absolute atomic E-state index is 10.1. The van der Waals surface area contributed by atoms with Crippen LogP contribution in [0.5, 0.6) is 0 Å². The standard InChI is InChI=1S/C9H9N3OS/c1-12-7-4-2-3-5-8(7)14-9(12)11-10-6-13/h2-6H,1H3,(H,10,13). The Morgan fingerprint density at radius 3 is 3.00 bits per heavy atom. The monoisotopic (exact) mass is 207 g/mol. The van der Waals surface area contributed by atoms with Gasteiger partial charge in [0.05, 0.1) is 10.2 Å². The van der Waals surface area contributed by atoms with Crippen LogP contribution in [0.3, 0.4) is 0 Å². The Balaban J connectivity index is 2.68. The van der Waals surface area contributed by atoms with Crippen molar-refractivity contribution in [3.63, 3.8) is 0 Å². The van der Waals surface area contributed by atoms with Crippen LogP contribution in [0.4, 0.5) is 0 Å². The molecule has 0 atom stereocenters. The van der Waals surface area contributed by atoms with Crippen molar-refractivity contribution in [3.8, 4) is 0 Å². The number of para-hydroxylation sites is 1. The summed E-state index contributed by atoms with van der Waals surface area (Å²) in [6.45, 7) is 0. The van der Waals surface area contributed by atoms with Gasteiger partial charge in [-0.2, -0.15) is 0 Å². The van der Waals surface area contributed by atoms with E-state index in [-0.39, 0.29) is 0 Å². The molecule has 0 unspecified atom stereocenters. The molecule has 0 saturated heterocycles. The summed E-state index contributed by atoms with van der Waals surface area (Å²) in [5.41, 5.74) is 3.42. The van der Waals surface area contributed by atoms with E-state index in [2.05, 4.69) is 10.5 Å². The summed E-state index contributed by atoms with van der Waals surface area (Å²) in [6.07, 6.45) is 0.560. The lowest BCUT2D eigenvalue weighted by Crippen LogP contribution is -2.15. The van der Waals surface area contributed by atoms with Crippen molar-refractivity contribution in [2.45, 2.75) is 0 Å². The third-order valence-electron chi connectivity index (χ3n) is 1.93. The Morgan fingerprint density at radius 2 is 2.29 bits per heavy atom.